The maximum atomic E-state index is 13.7. The van der Waals surface area contributed by atoms with E-state index in [0.29, 0.717) is 16.7 Å². The second kappa shape index (κ2) is 8.50. The summed E-state index contributed by atoms with van der Waals surface area (Å²) in [5, 5.41) is 55.7. The number of fused-ring (bicyclic) bond motifs is 3. The third kappa shape index (κ3) is 3.34. The standard InChI is InChI=1S/C26H23N3O9/c27-9-12-7-15(10-2-1-3-14(5-10)29(37)38)16-6-11-4-13-8-17(30)20(25(28)35)24(34)26(13,36)23(33)18(11)22(32)19(16)21(12)31/h1-3,5,7,11,13,31-32,34,36H,4,6,8-9,27H2,(H2,28,35). The van der Waals surface area contributed by atoms with Crippen molar-refractivity contribution < 1.29 is 39.7 Å². The van der Waals surface area contributed by atoms with E-state index in [9.17, 15) is 44.9 Å². The number of hydrogen-bond donors (Lipinski definition) is 6. The van der Waals surface area contributed by atoms with Crippen molar-refractivity contribution >= 4 is 28.9 Å². The van der Waals surface area contributed by atoms with Gasteiger partial charge in [0.1, 0.15) is 22.8 Å². The van der Waals surface area contributed by atoms with Crippen LogP contribution in [0.2, 0.25) is 0 Å². The number of phenolic OH excluding ortho intramolecular Hbond substituents is 1. The molecule has 3 unspecified atom stereocenters. The average molecular weight is 521 g/mol. The third-order valence-electron chi connectivity index (χ3n) is 7.73. The fourth-order valence-electron chi connectivity index (χ4n) is 5.94. The molecule has 38 heavy (non-hydrogen) atoms. The number of rotatable bonds is 4. The number of primary amides is 1. The van der Waals surface area contributed by atoms with E-state index in [2.05, 4.69) is 0 Å². The average Bonchev–Trinajstić information content (AvgIpc) is 2.86. The minimum atomic E-state index is -2.67. The SMILES string of the molecule is NCc1cc(-c2cccc([N+](=O)[O-])c2)c2c(c1O)C(O)=C1C(=O)C3(O)C(O)=C(C(N)=O)C(=O)CC3CC1C2. The topological polar surface area (TPSA) is 227 Å². The first-order valence-corrected chi connectivity index (χ1v) is 11.7. The Morgan fingerprint density at radius 2 is 1.87 bits per heavy atom. The summed E-state index contributed by atoms with van der Waals surface area (Å²) in [4.78, 5) is 48.7. The first-order valence-electron chi connectivity index (χ1n) is 11.7. The smallest absolute Gasteiger partial charge is 0.270 e. The van der Waals surface area contributed by atoms with Crippen LogP contribution in [0.15, 0.2) is 47.2 Å². The van der Waals surface area contributed by atoms with E-state index in [4.69, 9.17) is 11.5 Å². The molecule has 3 atom stereocenters. The van der Waals surface area contributed by atoms with Crippen LogP contribution in [0.1, 0.15) is 29.5 Å². The van der Waals surface area contributed by atoms with Gasteiger partial charge in [0.05, 0.1) is 10.5 Å². The van der Waals surface area contributed by atoms with Gasteiger partial charge in [-0.05, 0) is 41.5 Å². The summed E-state index contributed by atoms with van der Waals surface area (Å²) in [6.07, 6.45) is -0.404. The lowest BCUT2D eigenvalue weighted by Gasteiger charge is -2.46. The number of benzene rings is 2. The Kier molecular flexibility index (Phi) is 5.62. The zero-order valence-electron chi connectivity index (χ0n) is 19.8. The van der Waals surface area contributed by atoms with E-state index in [1.165, 1.54) is 18.2 Å². The number of aromatic hydroxyl groups is 1. The van der Waals surface area contributed by atoms with Gasteiger partial charge < -0.3 is 31.9 Å². The Balaban J connectivity index is 1.75. The zero-order chi connectivity index (χ0) is 27.7. The van der Waals surface area contributed by atoms with Crippen molar-refractivity contribution in [2.24, 2.45) is 23.3 Å². The van der Waals surface area contributed by atoms with Crippen molar-refractivity contribution in [3.05, 3.63) is 74.0 Å². The number of phenols is 1. The highest BCUT2D eigenvalue weighted by Crippen LogP contribution is 2.53. The summed E-state index contributed by atoms with van der Waals surface area (Å²) < 4.78 is 0. The number of aliphatic hydroxyl groups is 3. The lowest BCUT2D eigenvalue weighted by atomic mass is 9.59. The number of aliphatic hydroxyl groups excluding tert-OH is 2. The highest BCUT2D eigenvalue weighted by atomic mass is 16.6. The normalized spacial score (nSPS) is 24.6. The lowest BCUT2D eigenvalue weighted by molar-refractivity contribution is -0.384. The van der Waals surface area contributed by atoms with Crippen LogP contribution >= 0.6 is 0 Å². The van der Waals surface area contributed by atoms with Crippen molar-refractivity contribution in [3.63, 3.8) is 0 Å². The summed E-state index contributed by atoms with van der Waals surface area (Å²) in [5.74, 6) is -7.28. The van der Waals surface area contributed by atoms with Crippen LogP contribution in [-0.2, 0) is 27.3 Å². The summed E-state index contributed by atoms with van der Waals surface area (Å²) in [6, 6.07) is 7.32. The Morgan fingerprint density at radius 3 is 2.50 bits per heavy atom. The predicted molar refractivity (Wildman–Crippen MR) is 131 cm³/mol. The Labute approximate surface area is 214 Å². The predicted octanol–water partition coefficient (Wildman–Crippen LogP) is 1.46. The van der Waals surface area contributed by atoms with Gasteiger partial charge >= 0.3 is 0 Å². The molecule has 12 nitrogen and oxygen atoms in total. The van der Waals surface area contributed by atoms with Crippen LogP contribution < -0.4 is 11.5 Å². The molecule has 1 fully saturated rings. The lowest BCUT2D eigenvalue weighted by Crippen LogP contribution is -2.58. The van der Waals surface area contributed by atoms with Crippen LogP contribution in [0.3, 0.4) is 0 Å². The van der Waals surface area contributed by atoms with Gasteiger partial charge in [-0.3, -0.25) is 24.5 Å². The minimum absolute atomic E-state index is 0.0311. The van der Waals surface area contributed by atoms with E-state index in [0.717, 1.165) is 0 Å². The molecule has 12 heteroatoms. The van der Waals surface area contributed by atoms with Gasteiger partial charge in [-0.25, -0.2) is 0 Å². The first kappa shape index (κ1) is 25.1. The molecule has 0 aliphatic heterocycles. The molecule has 1 amide bonds. The van der Waals surface area contributed by atoms with Crippen molar-refractivity contribution in [3.8, 4) is 16.9 Å². The molecule has 1 saturated carbocycles. The van der Waals surface area contributed by atoms with Crippen LogP contribution in [0.4, 0.5) is 5.69 Å². The molecule has 0 heterocycles. The molecule has 2 aromatic rings. The number of hydrogen-bond acceptors (Lipinski definition) is 10. The van der Waals surface area contributed by atoms with Crippen molar-refractivity contribution in [1.82, 2.24) is 0 Å². The molecular weight excluding hydrogens is 498 g/mol. The van der Waals surface area contributed by atoms with E-state index in [1.807, 2.05) is 0 Å². The number of nitro benzene ring substituents is 1. The first-order chi connectivity index (χ1) is 17.9. The molecule has 0 radical (unpaired) electrons. The number of carbonyl (C=O) groups excluding carboxylic acids is 3. The Hall–Kier alpha value is -4.55. The molecule has 0 bridgehead atoms. The summed E-state index contributed by atoms with van der Waals surface area (Å²) in [5.41, 5.74) is 8.34. The van der Waals surface area contributed by atoms with Gasteiger partial charge in [-0.2, -0.15) is 0 Å². The summed E-state index contributed by atoms with van der Waals surface area (Å²) >= 11 is 0. The number of ketones is 2. The van der Waals surface area contributed by atoms with Crippen LogP contribution in [-0.4, -0.2) is 48.4 Å². The molecule has 5 rings (SSSR count). The van der Waals surface area contributed by atoms with Gasteiger partial charge in [0.2, 0.25) is 5.78 Å². The van der Waals surface area contributed by atoms with Gasteiger partial charge in [0.15, 0.2) is 11.4 Å². The van der Waals surface area contributed by atoms with Gasteiger partial charge in [0, 0.05) is 42.2 Å². The second-order valence-electron chi connectivity index (χ2n) is 9.70. The molecular formula is C26H23N3O9. The van der Waals surface area contributed by atoms with E-state index >= 15 is 0 Å². The largest absolute Gasteiger partial charge is 0.508 e. The third-order valence-corrected chi connectivity index (χ3v) is 7.73. The molecule has 3 aliphatic carbocycles. The number of Topliss-reactive ketones (excluding diaryl/α,β-unsaturated/α-hetero) is 2. The fraction of sp³-hybridized carbons (Fsp3) is 0.269. The molecule has 0 spiro atoms. The quantitative estimate of drug-likeness (QED) is 0.193. The molecule has 0 aromatic heterocycles. The molecule has 3 aliphatic rings. The van der Waals surface area contributed by atoms with E-state index < -0.39 is 69.1 Å². The second-order valence-corrected chi connectivity index (χ2v) is 9.70. The number of amides is 1. The van der Waals surface area contributed by atoms with E-state index in [-0.39, 0.29) is 41.8 Å². The van der Waals surface area contributed by atoms with Gasteiger partial charge in [-0.1, -0.05) is 12.1 Å². The van der Waals surface area contributed by atoms with Crippen molar-refractivity contribution in [2.45, 2.75) is 31.4 Å². The van der Waals surface area contributed by atoms with Crippen LogP contribution in [0.25, 0.3) is 16.9 Å². The molecule has 2 aromatic carbocycles. The van der Waals surface area contributed by atoms with Gasteiger partial charge in [-0.15, -0.1) is 0 Å². The highest BCUT2D eigenvalue weighted by Gasteiger charge is 2.60. The maximum Gasteiger partial charge on any atom is 0.270 e. The molecule has 0 saturated heterocycles. The summed E-state index contributed by atoms with van der Waals surface area (Å²) in [6.45, 7) is -0.166. The van der Waals surface area contributed by atoms with Gasteiger partial charge in [0.25, 0.3) is 11.6 Å². The highest BCUT2D eigenvalue weighted by molar-refractivity contribution is 6.22. The number of nitrogens with zero attached hydrogens (tertiary/aromatic N) is 1. The number of non-ortho nitro benzene ring substituents is 1. The Bertz CT molecular complexity index is 1540. The minimum Gasteiger partial charge on any atom is -0.508 e. The van der Waals surface area contributed by atoms with Crippen LogP contribution in [0, 0.1) is 22.0 Å². The van der Waals surface area contributed by atoms with Crippen molar-refractivity contribution in [1.29, 1.82) is 0 Å². The number of nitro groups is 1. The maximum absolute atomic E-state index is 13.7. The van der Waals surface area contributed by atoms with Crippen LogP contribution in [0.5, 0.6) is 5.75 Å². The van der Waals surface area contributed by atoms with E-state index in [1.54, 1.807) is 12.1 Å². The molecule has 196 valence electrons. The zero-order valence-corrected chi connectivity index (χ0v) is 19.8. The Morgan fingerprint density at radius 1 is 1.16 bits per heavy atom. The molecule has 8 N–H and O–H groups in total. The van der Waals surface area contributed by atoms with Crippen molar-refractivity contribution in [2.75, 3.05) is 0 Å². The number of nitrogens with two attached hydrogens (primary N) is 2. The monoisotopic (exact) mass is 521 g/mol. The number of carbonyl (C=O) groups is 3. The summed E-state index contributed by atoms with van der Waals surface area (Å²) in [7, 11) is 0. The fourth-order valence-corrected chi connectivity index (χ4v) is 5.94.